The molecule has 0 heterocycles. The van der Waals surface area contributed by atoms with Crippen molar-refractivity contribution >= 4 is 11.8 Å². The smallest absolute Gasteiger partial charge is 0.135 e. The molecule has 1 atom stereocenters. The molecule has 0 aliphatic carbocycles. The van der Waals surface area contributed by atoms with Crippen LogP contribution in [0, 0.1) is 0 Å². The summed E-state index contributed by atoms with van der Waals surface area (Å²) in [4.78, 5) is 0. The molecule has 0 rings (SSSR count). The summed E-state index contributed by atoms with van der Waals surface area (Å²) < 4.78 is 0. The van der Waals surface area contributed by atoms with Gasteiger partial charge in [0.25, 0.3) is 0 Å². The third-order valence-corrected chi connectivity index (χ3v) is 1.84. The highest BCUT2D eigenvalue weighted by Gasteiger charge is 1.94. The van der Waals surface area contributed by atoms with Crippen LogP contribution in [0.5, 0.6) is 0 Å². The molecule has 1 radical (unpaired) electrons. The fourth-order valence-electron chi connectivity index (χ4n) is 0.394. The lowest BCUT2D eigenvalue weighted by Crippen LogP contribution is -1.90. The molecule has 8 heavy (non-hydrogen) atoms. The second-order valence-electron chi connectivity index (χ2n) is 1.79. The molecular formula is C6H13OS. The summed E-state index contributed by atoms with van der Waals surface area (Å²) >= 11 is 1.50. The van der Waals surface area contributed by atoms with Gasteiger partial charge >= 0.3 is 0 Å². The predicted octanol–water partition coefficient (Wildman–Crippen LogP) is 2.30. The van der Waals surface area contributed by atoms with Crippen molar-refractivity contribution in [2.24, 2.45) is 0 Å². The maximum Gasteiger partial charge on any atom is 0.135 e. The molecule has 0 spiro atoms. The molecule has 1 nitrogen and oxygen atoms in total. The van der Waals surface area contributed by atoms with Gasteiger partial charge in [-0.1, -0.05) is 13.3 Å². The maximum atomic E-state index is 10.4. The van der Waals surface area contributed by atoms with Crippen LogP contribution in [0.15, 0.2) is 0 Å². The number of hydrogen-bond acceptors (Lipinski definition) is 1. The first-order valence-electron chi connectivity index (χ1n) is 3.04. The third-order valence-electron chi connectivity index (χ3n) is 0.850. The lowest BCUT2D eigenvalue weighted by Gasteiger charge is -1.97. The van der Waals surface area contributed by atoms with Gasteiger partial charge in [0.2, 0.25) is 0 Å². The molecule has 0 aromatic rings. The Balaban J connectivity index is 2.72. The van der Waals surface area contributed by atoms with Gasteiger partial charge in [0.05, 0.1) is 0 Å². The molecule has 49 valence electrons. The largest absolute Gasteiger partial charge is 0.222 e. The zero-order chi connectivity index (χ0) is 6.41. The third kappa shape index (κ3) is 6.31. The summed E-state index contributed by atoms with van der Waals surface area (Å²) in [5.74, 6) is 1.03. The SMILES string of the molecule is CCCCSC(C)[O]. The van der Waals surface area contributed by atoms with Crippen molar-refractivity contribution in [2.75, 3.05) is 5.75 Å². The standard InChI is InChI=1S/C6H13OS/c1-3-4-5-8-6(2)7/h6H,3-5H2,1-2H3. The average molecular weight is 133 g/mol. The van der Waals surface area contributed by atoms with Gasteiger partial charge in [-0.25, -0.2) is 5.11 Å². The quantitative estimate of drug-likeness (QED) is 0.425. The first-order valence-corrected chi connectivity index (χ1v) is 4.09. The van der Waals surface area contributed by atoms with E-state index in [9.17, 15) is 5.11 Å². The van der Waals surface area contributed by atoms with Crippen LogP contribution < -0.4 is 0 Å². The molecule has 0 amide bonds. The van der Waals surface area contributed by atoms with E-state index in [1.54, 1.807) is 6.92 Å². The first kappa shape index (κ1) is 8.31. The van der Waals surface area contributed by atoms with E-state index in [1.807, 2.05) is 0 Å². The van der Waals surface area contributed by atoms with Crippen molar-refractivity contribution < 1.29 is 5.11 Å². The van der Waals surface area contributed by atoms with Crippen LogP contribution in [-0.2, 0) is 5.11 Å². The summed E-state index contributed by atoms with van der Waals surface area (Å²) in [5, 5.41) is 10.4. The topological polar surface area (TPSA) is 19.9 Å². The summed E-state index contributed by atoms with van der Waals surface area (Å²) in [6, 6.07) is 0. The highest BCUT2D eigenvalue weighted by Crippen LogP contribution is 2.09. The molecule has 0 aliphatic rings. The van der Waals surface area contributed by atoms with Crippen molar-refractivity contribution in [3.63, 3.8) is 0 Å². The Morgan fingerprint density at radius 2 is 2.25 bits per heavy atom. The van der Waals surface area contributed by atoms with Crippen molar-refractivity contribution in [3.05, 3.63) is 0 Å². The van der Waals surface area contributed by atoms with Gasteiger partial charge in [-0.3, -0.25) is 0 Å². The second kappa shape index (κ2) is 5.45. The van der Waals surface area contributed by atoms with Gasteiger partial charge in [0.15, 0.2) is 0 Å². The summed E-state index contributed by atoms with van der Waals surface area (Å²) in [6.45, 7) is 3.83. The minimum atomic E-state index is -0.429. The van der Waals surface area contributed by atoms with Crippen molar-refractivity contribution in [2.45, 2.75) is 32.1 Å². The Morgan fingerprint density at radius 1 is 1.62 bits per heavy atom. The van der Waals surface area contributed by atoms with Gasteiger partial charge in [0.1, 0.15) is 5.44 Å². The van der Waals surface area contributed by atoms with Crippen LogP contribution in [0.1, 0.15) is 26.7 Å². The molecule has 0 bridgehead atoms. The molecule has 2 heteroatoms. The van der Waals surface area contributed by atoms with E-state index in [4.69, 9.17) is 0 Å². The van der Waals surface area contributed by atoms with Gasteiger partial charge < -0.3 is 0 Å². The lowest BCUT2D eigenvalue weighted by molar-refractivity contribution is 0.181. The molecule has 0 aromatic heterocycles. The molecule has 1 unspecified atom stereocenters. The van der Waals surface area contributed by atoms with E-state index in [0.29, 0.717) is 0 Å². The van der Waals surface area contributed by atoms with Crippen LogP contribution in [-0.4, -0.2) is 11.2 Å². The number of hydrogen-bond donors (Lipinski definition) is 0. The van der Waals surface area contributed by atoms with Crippen molar-refractivity contribution in [1.82, 2.24) is 0 Å². The molecule has 0 saturated carbocycles. The average Bonchev–Trinajstić information content (AvgIpc) is 1.66. The Kier molecular flexibility index (Phi) is 5.66. The fraction of sp³-hybridized carbons (Fsp3) is 1.00. The Labute approximate surface area is 55.5 Å². The minimum Gasteiger partial charge on any atom is -0.222 e. The van der Waals surface area contributed by atoms with Crippen LogP contribution in [0.4, 0.5) is 0 Å². The maximum absolute atomic E-state index is 10.4. The molecule has 0 saturated heterocycles. The van der Waals surface area contributed by atoms with Crippen LogP contribution in [0.3, 0.4) is 0 Å². The number of unbranched alkanes of at least 4 members (excludes halogenated alkanes) is 1. The van der Waals surface area contributed by atoms with Gasteiger partial charge in [-0.05, 0) is 19.1 Å². The Morgan fingerprint density at radius 3 is 2.62 bits per heavy atom. The molecular weight excluding hydrogens is 120 g/mol. The first-order chi connectivity index (χ1) is 3.77. The highest BCUT2D eigenvalue weighted by molar-refractivity contribution is 7.99. The van der Waals surface area contributed by atoms with Crippen molar-refractivity contribution in [3.8, 4) is 0 Å². The fourth-order valence-corrected chi connectivity index (χ4v) is 1.18. The van der Waals surface area contributed by atoms with E-state index < -0.39 is 5.44 Å². The van der Waals surface area contributed by atoms with Gasteiger partial charge in [0, 0.05) is 0 Å². The van der Waals surface area contributed by atoms with E-state index in [0.717, 1.165) is 5.75 Å². The molecule has 0 fully saturated rings. The Hall–Kier alpha value is 0.310. The summed E-state index contributed by atoms with van der Waals surface area (Å²) in [6.07, 6.45) is 2.37. The molecule has 0 N–H and O–H groups in total. The highest BCUT2D eigenvalue weighted by atomic mass is 32.2. The van der Waals surface area contributed by atoms with Crippen LogP contribution >= 0.6 is 11.8 Å². The van der Waals surface area contributed by atoms with Gasteiger partial charge in [-0.2, -0.15) is 0 Å². The monoisotopic (exact) mass is 133 g/mol. The molecule has 0 aliphatic heterocycles. The normalized spacial score (nSPS) is 13.9. The lowest BCUT2D eigenvalue weighted by atomic mass is 10.4. The van der Waals surface area contributed by atoms with E-state index >= 15 is 0 Å². The van der Waals surface area contributed by atoms with Gasteiger partial charge in [-0.15, -0.1) is 11.8 Å². The second-order valence-corrected chi connectivity index (χ2v) is 3.20. The van der Waals surface area contributed by atoms with Crippen molar-refractivity contribution in [1.29, 1.82) is 0 Å². The Bertz CT molecular complexity index is 45.8. The zero-order valence-corrected chi connectivity index (χ0v) is 6.33. The minimum absolute atomic E-state index is 0.429. The zero-order valence-electron chi connectivity index (χ0n) is 5.52. The van der Waals surface area contributed by atoms with E-state index in [-0.39, 0.29) is 0 Å². The number of rotatable bonds is 4. The summed E-state index contributed by atoms with van der Waals surface area (Å²) in [7, 11) is 0. The molecule has 0 aromatic carbocycles. The van der Waals surface area contributed by atoms with Crippen LogP contribution in [0.25, 0.3) is 0 Å². The number of thioether (sulfide) groups is 1. The van der Waals surface area contributed by atoms with Crippen LogP contribution in [0.2, 0.25) is 0 Å². The van der Waals surface area contributed by atoms with E-state index in [2.05, 4.69) is 6.92 Å². The van der Waals surface area contributed by atoms with E-state index in [1.165, 1.54) is 24.6 Å². The summed E-state index contributed by atoms with van der Waals surface area (Å²) in [5.41, 5.74) is -0.429. The predicted molar refractivity (Wildman–Crippen MR) is 37.5 cm³/mol.